The second-order valence-corrected chi connectivity index (χ2v) is 4.94. The lowest BCUT2D eigenvalue weighted by Crippen LogP contribution is -2.49. The van der Waals surface area contributed by atoms with Crippen LogP contribution in [0.1, 0.15) is 26.7 Å². The van der Waals surface area contributed by atoms with Crippen molar-refractivity contribution in [1.29, 1.82) is 0 Å². The van der Waals surface area contributed by atoms with Crippen LogP contribution in [0.25, 0.3) is 0 Å². The van der Waals surface area contributed by atoms with E-state index >= 15 is 0 Å². The first-order valence-corrected chi connectivity index (χ1v) is 6.97. The molecule has 7 heteroatoms. The van der Waals surface area contributed by atoms with Crippen LogP contribution in [0, 0.1) is 0 Å². The predicted octanol–water partition coefficient (Wildman–Crippen LogP) is 1.14. The lowest BCUT2D eigenvalue weighted by molar-refractivity contribution is -0.133. The van der Waals surface area contributed by atoms with Crippen molar-refractivity contribution in [2.24, 2.45) is 5.73 Å². The van der Waals surface area contributed by atoms with Gasteiger partial charge in [0.15, 0.2) is 0 Å². The number of amides is 1. The van der Waals surface area contributed by atoms with Crippen molar-refractivity contribution >= 4 is 30.7 Å². The van der Waals surface area contributed by atoms with Gasteiger partial charge < -0.3 is 15.4 Å². The Morgan fingerprint density at radius 2 is 1.85 bits per heavy atom. The Kier molecular flexibility index (Phi) is 14.1. The van der Waals surface area contributed by atoms with E-state index < -0.39 is 0 Å². The van der Waals surface area contributed by atoms with E-state index in [1.165, 1.54) is 0 Å². The standard InChI is InChI=1S/C13H27N3O2.2ClH/c1-3-18-11-10-15-6-8-16(9-7-15)13(17)5-4-12(2)14;;/h12H,3-11,14H2,1-2H3;2*1H. The highest BCUT2D eigenvalue weighted by Gasteiger charge is 2.20. The number of hydrogen-bond donors (Lipinski definition) is 1. The van der Waals surface area contributed by atoms with Crippen LogP contribution in [0.15, 0.2) is 0 Å². The fourth-order valence-corrected chi connectivity index (χ4v) is 2.07. The summed E-state index contributed by atoms with van der Waals surface area (Å²) >= 11 is 0. The van der Waals surface area contributed by atoms with Crippen LogP contribution in [0.2, 0.25) is 0 Å². The average Bonchev–Trinajstić information content (AvgIpc) is 2.37. The van der Waals surface area contributed by atoms with Gasteiger partial charge in [-0.25, -0.2) is 0 Å². The SMILES string of the molecule is CCOCCN1CCN(C(=O)CCC(C)N)CC1.Cl.Cl. The predicted molar refractivity (Wildman–Crippen MR) is 86.9 cm³/mol. The van der Waals surface area contributed by atoms with Gasteiger partial charge in [0.25, 0.3) is 0 Å². The normalized spacial score (nSPS) is 17.1. The van der Waals surface area contributed by atoms with Crippen LogP contribution in [0.5, 0.6) is 0 Å². The van der Waals surface area contributed by atoms with Crippen LogP contribution in [0.4, 0.5) is 0 Å². The zero-order valence-corrected chi connectivity index (χ0v) is 14.2. The van der Waals surface area contributed by atoms with Crippen molar-refractivity contribution in [3.8, 4) is 0 Å². The molecule has 1 aliphatic rings. The summed E-state index contributed by atoms with van der Waals surface area (Å²) in [6, 6.07) is 0.112. The van der Waals surface area contributed by atoms with Crippen LogP contribution in [-0.4, -0.2) is 67.7 Å². The van der Waals surface area contributed by atoms with E-state index in [4.69, 9.17) is 10.5 Å². The summed E-state index contributed by atoms with van der Waals surface area (Å²) in [4.78, 5) is 16.2. The molecule has 1 rings (SSSR count). The molecule has 122 valence electrons. The lowest BCUT2D eigenvalue weighted by atomic mass is 10.1. The molecule has 1 unspecified atom stereocenters. The largest absolute Gasteiger partial charge is 0.380 e. The Balaban J connectivity index is 0. The molecule has 2 N–H and O–H groups in total. The van der Waals surface area contributed by atoms with Crippen molar-refractivity contribution < 1.29 is 9.53 Å². The zero-order chi connectivity index (χ0) is 13.4. The fraction of sp³-hybridized carbons (Fsp3) is 0.923. The van der Waals surface area contributed by atoms with E-state index in [0.717, 1.165) is 52.4 Å². The van der Waals surface area contributed by atoms with Crippen LogP contribution in [-0.2, 0) is 9.53 Å². The number of piperazine rings is 1. The summed E-state index contributed by atoms with van der Waals surface area (Å²) in [5.41, 5.74) is 5.67. The molecule has 20 heavy (non-hydrogen) atoms. The molecular formula is C13H29Cl2N3O2. The summed E-state index contributed by atoms with van der Waals surface area (Å²) in [6.45, 7) is 10.1. The first-order valence-electron chi connectivity index (χ1n) is 6.97. The van der Waals surface area contributed by atoms with Gasteiger partial charge in [-0.15, -0.1) is 24.8 Å². The summed E-state index contributed by atoms with van der Waals surface area (Å²) in [5, 5.41) is 0. The molecule has 1 saturated heterocycles. The second kappa shape index (κ2) is 12.7. The minimum Gasteiger partial charge on any atom is -0.380 e. The van der Waals surface area contributed by atoms with Crippen LogP contribution in [0.3, 0.4) is 0 Å². The minimum absolute atomic E-state index is 0. The maximum absolute atomic E-state index is 11.9. The molecule has 0 aliphatic carbocycles. The van der Waals surface area contributed by atoms with Gasteiger partial charge in [-0.1, -0.05) is 0 Å². The third-order valence-corrected chi connectivity index (χ3v) is 3.29. The number of nitrogens with two attached hydrogens (primary N) is 1. The highest BCUT2D eigenvalue weighted by atomic mass is 35.5. The van der Waals surface area contributed by atoms with Crippen molar-refractivity contribution in [3.63, 3.8) is 0 Å². The fourth-order valence-electron chi connectivity index (χ4n) is 2.07. The smallest absolute Gasteiger partial charge is 0.222 e. The summed E-state index contributed by atoms with van der Waals surface area (Å²) in [7, 11) is 0. The Morgan fingerprint density at radius 3 is 2.35 bits per heavy atom. The van der Waals surface area contributed by atoms with E-state index in [-0.39, 0.29) is 36.8 Å². The number of halogens is 2. The van der Waals surface area contributed by atoms with Gasteiger partial charge in [-0.3, -0.25) is 9.69 Å². The summed E-state index contributed by atoms with van der Waals surface area (Å²) < 4.78 is 5.34. The first-order chi connectivity index (χ1) is 8.63. The van der Waals surface area contributed by atoms with Gasteiger partial charge >= 0.3 is 0 Å². The summed E-state index contributed by atoms with van der Waals surface area (Å²) in [5.74, 6) is 0.247. The highest BCUT2D eigenvalue weighted by molar-refractivity contribution is 5.85. The maximum atomic E-state index is 11.9. The molecule has 0 saturated carbocycles. The molecule has 1 aliphatic heterocycles. The second-order valence-electron chi connectivity index (χ2n) is 4.94. The molecule has 0 aromatic rings. The van der Waals surface area contributed by atoms with E-state index in [9.17, 15) is 4.79 Å². The lowest BCUT2D eigenvalue weighted by Gasteiger charge is -2.34. The Bertz CT molecular complexity index is 248. The Hall–Kier alpha value is -0.0700. The molecule has 0 aromatic carbocycles. The van der Waals surface area contributed by atoms with Gasteiger partial charge in [-0.05, 0) is 20.3 Å². The molecule has 5 nitrogen and oxygen atoms in total. The van der Waals surface area contributed by atoms with Crippen molar-refractivity contribution in [2.45, 2.75) is 32.7 Å². The third-order valence-electron chi connectivity index (χ3n) is 3.29. The van der Waals surface area contributed by atoms with Crippen LogP contribution < -0.4 is 5.73 Å². The topological polar surface area (TPSA) is 58.8 Å². The average molecular weight is 330 g/mol. The highest BCUT2D eigenvalue weighted by Crippen LogP contribution is 2.05. The number of carbonyl (C=O) groups excluding carboxylic acids is 1. The van der Waals surface area contributed by atoms with Gasteiger partial charge in [0.1, 0.15) is 0 Å². The van der Waals surface area contributed by atoms with E-state index in [0.29, 0.717) is 6.42 Å². The van der Waals surface area contributed by atoms with E-state index in [1.807, 2.05) is 18.7 Å². The quantitative estimate of drug-likeness (QED) is 0.711. The van der Waals surface area contributed by atoms with Crippen LogP contribution >= 0.6 is 24.8 Å². The maximum Gasteiger partial charge on any atom is 0.222 e. The van der Waals surface area contributed by atoms with Gasteiger partial charge in [0.2, 0.25) is 5.91 Å². The van der Waals surface area contributed by atoms with E-state index in [1.54, 1.807) is 0 Å². The van der Waals surface area contributed by atoms with Crippen molar-refractivity contribution in [3.05, 3.63) is 0 Å². The molecular weight excluding hydrogens is 301 g/mol. The molecule has 0 aromatic heterocycles. The van der Waals surface area contributed by atoms with E-state index in [2.05, 4.69) is 4.90 Å². The molecule has 0 bridgehead atoms. The zero-order valence-electron chi connectivity index (χ0n) is 12.5. The number of hydrogen-bond acceptors (Lipinski definition) is 4. The molecule has 1 fully saturated rings. The van der Waals surface area contributed by atoms with Crippen molar-refractivity contribution in [1.82, 2.24) is 9.80 Å². The number of ether oxygens (including phenoxy) is 1. The molecule has 1 amide bonds. The van der Waals surface area contributed by atoms with Gasteiger partial charge in [-0.2, -0.15) is 0 Å². The summed E-state index contributed by atoms with van der Waals surface area (Å²) in [6.07, 6.45) is 1.36. The number of nitrogens with zero attached hydrogens (tertiary/aromatic N) is 2. The first kappa shape index (κ1) is 22.2. The molecule has 0 spiro atoms. The number of carbonyl (C=O) groups is 1. The molecule has 1 atom stereocenters. The third kappa shape index (κ3) is 8.97. The number of rotatable bonds is 7. The molecule has 0 radical (unpaired) electrons. The molecule has 1 heterocycles. The van der Waals surface area contributed by atoms with Crippen molar-refractivity contribution in [2.75, 3.05) is 45.9 Å². The Labute approximate surface area is 135 Å². The minimum atomic E-state index is 0. The van der Waals surface area contributed by atoms with Gasteiger partial charge in [0.05, 0.1) is 6.61 Å². The monoisotopic (exact) mass is 329 g/mol. The van der Waals surface area contributed by atoms with Gasteiger partial charge in [0, 0.05) is 51.8 Å². The Morgan fingerprint density at radius 1 is 1.25 bits per heavy atom.